The van der Waals surface area contributed by atoms with Crippen molar-refractivity contribution in [3.05, 3.63) is 5.01 Å². The molecule has 1 heterocycles. The lowest BCUT2D eigenvalue weighted by atomic mass is 10.1. The number of carbonyl (C=O) groups excluding carboxylic acids is 1. The molecule has 19 heavy (non-hydrogen) atoms. The quantitative estimate of drug-likeness (QED) is 0.815. The van der Waals surface area contributed by atoms with Gasteiger partial charge in [-0.25, -0.2) is 0 Å². The highest BCUT2D eigenvalue weighted by atomic mass is 32.1. The van der Waals surface area contributed by atoms with Crippen LogP contribution in [0, 0.1) is 0 Å². The highest BCUT2D eigenvalue weighted by Gasteiger charge is 2.18. The number of carbonyl (C=O) groups is 1. The Morgan fingerprint density at radius 3 is 2.68 bits per heavy atom. The maximum Gasteiger partial charge on any atom is 0.282 e. The summed E-state index contributed by atoms with van der Waals surface area (Å²) in [5.74, 6) is -0.0750. The van der Waals surface area contributed by atoms with Crippen LogP contribution in [-0.4, -0.2) is 28.7 Å². The Morgan fingerprint density at radius 1 is 1.26 bits per heavy atom. The highest BCUT2D eigenvalue weighted by molar-refractivity contribution is 7.17. The second-order valence-electron chi connectivity index (χ2n) is 5.00. The molecule has 1 aromatic heterocycles. The molecule has 1 aliphatic carbocycles. The lowest BCUT2D eigenvalue weighted by Crippen LogP contribution is -2.34. The van der Waals surface area contributed by atoms with E-state index >= 15 is 0 Å². The summed E-state index contributed by atoms with van der Waals surface area (Å²) in [5.41, 5.74) is 0. The van der Waals surface area contributed by atoms with Crippen molar-refractivity contribution >= 4 is 22.4 Å². The molecule has 5 nitrogen and oxygen atoms in total. The van der Waals surface area contributed by atoms with Crippen molar-refractivity contribution in [2.45, 2.75) is 57.9 Å². The minimum atomic E-state index is -0.0750. The van der Waals surface area contributed by atoms with Gasteiger partial charge in [-0.15, -0.1) is 10.2 Å². The smallest absolute Gasteiger partial charge is 0.282 e. The van der Waals surface area contributed by atoms with Gasteiger partial charge in [-0.1, -0.05) is 43.9 Å². The van der Waals surface area contributed by atoms with E-state index in [-0.39, 0.29) is 5.91 Å². The first-order valence-corrected chi connectivity index (χ1v) is 7.99. The maximum atomic E-state index is 12.1. The van der Waals surface area contributed by atoms with E-state index in [1.807, 2.05) is 0 Å². The van der Waals surface area contributed by atoms with Gasteiger partial charge in [-0.05, 0) is 19.3 Å². The van der Waals surface area contributed by atoms with Crippen LogP contribution in [0.25, 0.3) is 0 Å². The van der Waals surface area contributed by atoms with Crippen LogP contribution in [0.1, 0.15) is 61.7 Å². The fourth-order valence-corrected chi connectivity index (χ4v) is 2.96. The summed E-state index contributed by atoms with van der Waals surface area (Å²) >= 11 is 1.33. The van der Waals surface area contributed by atoms with E-state index in [0.29, 0.717) is 11.0 Å². The summed E-state index contributed by atoms with van der Waals surface area (Å²) in [6.07, 6.45) is 8.21. The minimum absolute atomic E-state index is 0.0750. The van der Waals surface area contributed by atoms with Crippen LogP contribution in [-0.2, 0) is 0 Å². The molecule has 0 bridgehead atoms. The molecule has 1 aliphatic rings. The van der Waals surface area contributed by atoms with Crippen molar-refractivity contribution < 1.29 is 4.79 Å². The van der Waals surface area contributed by atoms with E-state index in [0.717, 1.165) is 30.9 Å². The zero-order valence-corrected chi connectivity index (χ0v) is 12.3. The standard InChI is InChI=1S/C13H22N4OS/c1-2-9-14-13-17-16-12(19-13)11(18)15-10-7-5-3-4-6-8-10/h10H,2-9H2,1H3,(H,14,17)(H,15,18). The minimum Gasteiger partial charge on any atom is -0.360 e. The van der Waals surface area contributed by atoms with Gasteiger partial charge in [0, 0.05) is 12.6 Å². The summed E-state index contributed by atoms with van der Waals surface area (Å²) in [6.45, 7) is 2.95. The molecule has 0 spiro atoms. The molecule has 0 saturated heterocycles. The van der Waals surface area contributed by atoms with Crippen molar-refractivity contribution in [1.29, 1.82) is 0 Å². The molecule has 0 aliphatic heterocycles. The third-order valence-electron chi connectivity index (χ3n) is 3.34. The first-order valence-electron chi connectivity index (χ1n) is 7.18. The second-order valence-corrected chi connectivity index (χ2v) is 5.98. The maximum absolute atomic E-state index is 12.1. The number of amides is 1. The van der Waals surface area contributed by atoms with Gasteiger partial charge in [0.1, 0.15) is 0 Å². The Hall–Kier alpha value is -1.17. The molecule has 106 valence electrons. The van der Waals surface area contributed by atoms with Gasteiger partial charge in [-0.3, -0.25) is 4.79 Å². The number of nitrogens with one attached hydrogen (secondary N) is 2. The molecule has 1 amide bonds. The van der Waals surface area contributed by atoms with E-state index in [1.165, 1.54) is 37.0 Å². The van der Waals surface area contributed by atoms with Gasteiger partial charge >= 0.3 is 0 Å². The summed E-state index contributed by atoms with van der Waals surface area (Å²) in [7, 11) is 0. The Kier molecular flexibility index (Phi) is 5.57. The van der Waals surface area contributed by atoms with Crippen LogP contribution < -0.4 is 10.6 Å². The van der Waals surface area contributed by atoms with Crippen LogP contribution in [0.5, 0.6) is 0 Å². The summed E-state index contributed by atoms with van der Waals surface area (Å²) in [5, 5.41) is 15.4. The molecule has 1 fully saturated rings. The zero-order valence-electron chi connectivity index (χ0n) is 11.4. The predicted octanol–water partition coefficient (Wildman–Crippen LogP) is 2.81. The molecular formula is C13H22N4OS. The fraction of sp³-hybridized carbons (Fsp3) is 0.769. The first kappa shape index (κ1) is 14.2. The summed E-state index contributed by atoms with van der Waals surface area (Å²) in [4.78, 5) is 12.1. The molecule has 6 heteroatoms. The van der Waals surface area contributed by atoms with E-state index in [1.54, 1.807) is 0 Å². The van der Waals surface area contributed by atoms with Crippen LogP contribution in [0.4, 0.5) is 5.13 Å². The fourth-order valence-electron chi connectivity index (χ4n) is 2.29. The van der Waals surface area contributed by atoms with E-state index in [4.69, 9.17) is 0 Å². The Morgan fingerprint density at radius 2 is 2.00 bits per heavy atom. The zero-order chi connectivity index (χ0) is 13.5. The normalized spacial score (nSPS) is 16.9. The molecule has 1 aromatic rings. The van der Waals surface area contributed by atoms with E-state index in [9.17, 15) is 4.79 Å². The Balaban J connectivity index is 1.86. The van der Waals surface area contributed by atoms with E-state index in [2.05, 4.69) is 27.8 Å². The van der Waals surface area contributed by atoms with Gasteiger partial charge in [0.2, 0.25) is 10.1 Å². The topological polar surface area (TPSA) is 66.9 Å². The van der Waals surface area contributed by atoms with Crippen molar-refractivity contribution in [2.24, 2.45) is 0 Å². The Bertz CT molecular complexity index is 399. The van der Waals surface area contributed by atoms with Gasteiger partial charge in [0.05, 0.1) is 0 Å². The molecule has 0 unspecified atom stereocenters. The van der Waals surface area contributed by atoms with Crippen molar-refractivity contribution in [2.75, 3.05) is 11.9 Å². The second kappa shape index (κ2) is 7.43. The number of nitrogens with zero attached hydrogens (tertiary/aromatic N) is 2. The summed E-state index contributed by atoms with van der Waals surface area (Å²) in [6, 6.07) is 0.311. The largest absolute Gasteiger partial charge is 0.360 e. The van der Waals surface area contributed by atoms with E-state index < -0.39 is 0 Å². The molecular weight excluding hydrogens is 260 g/mol. The number of anilines is 1. The lowest BCUT2D eigenvalue weighted by Gasteiger charge is -2.14. The van der Waals surface area contributed by atoms with Crippen molar-refractivity contribution in [3.63, 3.8) is 0 Å². The molecule has 2 rings (SSSR count). The predicted molar refractivity (Wildman–Crippen MR) is 77.6 cm³/mol. The van der Waals surface area contributed by atoms with Gasteiger partial charge in [0.25, 0.3) is 5.91 Å². The third kappa shape index (κ3) is 4.45. The average molecular weight is 282 g/mol. The van der Waals surface area contributed by atoms with Crippen LogP contribution in [0.15, 0.2) is 0 Å². The highest BCUT2D eigenvalue weighted by Crippen LogP contribution is 2.19. The van der Waals surface area contributed by atoms with Crippen LogP contribution in [0.2, 0.25) is 0 Å². The monoisotopic (exact) mass is 282 g/mol. The number of rotatable bonds is 5. The molecule has 0 atom stereocenters. The molecule has 2 N–H and O–H groups in total. The number of hydrogen-bond donors (Lipinski definition) is 2. The number of aromatic nitrogens is 2. The van der Waals surface area contributed by atoms with Crippen molar-refractivity contribution in [3.8, 4) is 0 Å². The molecule has 1 saturated carbocycles. The van der Waals surface area contributed by atoms with Gasteiger partial charge < -0.3 is 10.6 Å². The van der Waals surface area contributed by atoms with Crippen LogP contribution >= 0.6 is 11.3 Å². The van der Waals surface area contributed by atoms with Gasteiger partial charge in [-0.2, -0.15) is 0 Å². The first-order chi connectivity index (χ1) is 9.29. The van der Waals surface area contributed by atoms with Crippen molar-refractivity contribution in [1.82, 2.24) is 15.5 Å². The number of hydrogen-bond acceptors (Lipinski definition) is 5. The molecule has 0 radical (unpaired) electrons. The Labute approximate surface area is 118 Å². The van der Waals surface area contributed by atoms with Crippen LogP contribution in [0.3, 0.4) is 0 Å². The third-order valence-corrected chi connectivity index (χ3v) is 4.22. The lowest BCUT2D eigenvalue weighted by molar-refractivity contribution is 0.0932. The summed E-state index contributed by atoms with van der Waals surface area (Å²) < 4.78 is 0. The SMILES string of the molecule is CCCNc1nnc(C(=O)NC2CCCCCC2)s1. The van der Waals surface area contributed by atoms with Gasteiger partial charge in [0.15, 0.2) is 0 Å². The molecule has 0 aromatic carbocycles. The average Bonchev–Trinajstić information content (AvgIpc) is 2.74.